The number of carbonyl (C=O) groups is 1. The number of carboxylic acids is 1. The van der Waals surface area contributed by atoms with Gasteiger partial charge in [0.1, 0.15) is 5.75 Å². The fraction of sp³-hybridized carbons (Fsp3) is 0.214. The Bertz CT molecular complexity index is 1180. The third kappa shape index (κ3) is 5.84. The zero-order valence-corrected chi connectivity index (χ0v) is 19.1. The number of ether oxygens (including phenoxy) is 1. The van der Waals surface area contributed by atoms with Gasteiger partial charge in [0, 0.05) is 30.0 Å². The summed E-state index contributed by atoms with van der Waals surface area (Å²) in [5.74, 6) is -0.351. The van der Waals surface area contributed by atoms with Crippen LogP contribution in [0.15, 0.2) is 96.0 Å². The Morgan fingerprint density at radius 3 is 2.82 bits per heavy atom. The van der Waals surface area contributed by atoms with E-state index in [-0.39, 0.29) is 12.7 Å². The summed E-state index contributed by atoms with van der Waals surface area (Å²) < 4.78 is 5.52. The molecular formula is C28H28N2O4. The lowest BCUT2D eigenvalue weighted by Gasteiger charge is -2.21. The van der Waals surface area contributed by atoms with E-state index in [9.17, 15) is 4.79 Å². The molecule has 1 aliphatic carbocycles. The Kier molecular flexibility index (Phi) is 7.60. The smallest absolute Gasteiger partial charge is 0.341 e. The number of fused-ring (bicyclic) bond motifs is 1. The molecule has 6 heteroatoms. The maximum atomic E-state index is 10.9. The third-order valence-electron chi connectivity index (χ3n) is 5.63. The fourth-order valence-electron chi connectivity index (χ4n) is 4.10. The molecule has 0 radical (unpaired) electrons. The molecule has 0 bridgehead atoms. The van der Waals surface area contributed by atoms with Crippen molar-refractivity contribution in [2.45, 2.75) is 32.3 Å². The van der Waals surface area contributed by atoms with Gasteiger partial charge < -0.3 is 20.0 Å². The molecule has 174 valence electrons. The van der Waals surface area contributed by atoms with E-state index in [1.54, 1.807) is 0 Å². The van der Waals surface area contributed by atoms with E-state index < -0.39 is 5.97 Å². The van der Waals surface area contributed by atoms with E-state index >= 15 is 0 Å². The van der Waals surface area contributed by atoms with Crippen LogP contribution in [0.4, 0.5) is 0 Å². The van der Waals surface area contributed by atoms with Gasteiger partial charge in [-0.15, -0.1) is 0 Å². The van der Waals surface area contributed by atoms with Gasteiger partial charge in [-0.05, 0) is 54.7 Å². The number of nitrogens with one attached hydrogen (secondary N) is 1. The van der Waals surface area contributed by atoms with E-state index in [4.69, 9.17) is 14.7 Å². The Hall–Kier alpha value is -4.06. The number of benzene rings is 2. The zero-order valence-electron chi connectivity index (χ0n) is 19.1. The minimum Gasteiger partial charge on any atom is -0.482 e. The van der Waals surface area contributed by atoms with Crippen molar-refractivity contribution in [2.24, 2.45) is 5.16 Å². The van der Waals surface area contributed by atoms with E-state index in [0.717, 1.165) is 46.4 Å². The second-order valence-corrected chi connectivity index (χ2v) is 8.16. The summed E-state index contributed by atoms with van der Waals surface area (Å²) >= 11 is 0. The van der Waals surface area contributed by atoms with Crippen LogP contribution in [0.1, 0.15) is 42.6 Å². The van der Waals surface area contributed by atoms with E-state index in [2.05, 4.69) is 22.6 Å². The maximum Gasteiger partial charge on any atom is 0.341 e. The van der Waals surface area contributed by atoms with Crippen molar-refractivity contribution in [3.8, 4) is 5.75 Å². The van der Waals surface area contributed by atoms with Crippen molar-refractivity contribution in [1.82, 2.24) is 5.32 Å². The summed E-state index contributed by atoms with van der Waals surface area (Å²) in [6.45, 7) is 1.61. The minimum atomic E-state index is -0.984. The number of rotatable bonds is 9. The standard InChI is InChI=1S/C28H28N2O4/c1-20(18-23-10-5-13-25-24(23)12-6-14-26(25)33-19-27(31)32)30-34-28(21-8-3-2-4-9-21)22-11-7-16-29-17-15-22/h2-4,6-12,14-17,28-29H,5,13,18-19H2,1H3,(H,31,32). The quantitative estimate of drug-likeness (QED) is 0.381. The zero-order chi connectivity index (χ0) is 23.8. The highest BCUT2D eigenvalue weighted by molar-refractivity contribution is 5.93. The summed E-state index contributed by atoms with van der Waals surface area (Å²) in [7, 11) is 0. The summed E-state index contributed by atoms with van der Waals surface area (Å²) in [5.41, 5.74) is 6.13. The molecule has 0 saturated heterocycles. The third-order valence-corrected chi connectivity index (χ3v) is 5.63. The number of hydrogen-bond acceptors (Lipinski definition) is 5. The number of hydrogen-bond donors (Lipinski definition) is 2. The van der Waals surface area contributed by atoms with Crippen molar-refractivity contribution >= 4 is 17.3 Å². The molecule has 2 aromatic carbocycles. The molecule has 0 fully saturated rings. The van der Waals surface area contributed by atoms with Gasteiger partial charge in [-0.3, -0.25) is 0 Å². The van der Waals surface area contributed by atoms with E-state index in [1.165, 1.54) is 0 Å². The molecule has 1 aliphatic heterocycles. The largest absolute Gasteiger partial charge is 0.482 e. The average molecular weight is 457 g/mol. The van der Waals surface area contributed by atoms with Crippen LogP contribution < -0.4 is 10.1 Å². The van der Waals surface area contributed by atoms with Crippen molar-refractivity contribution < 1.29 is 19.5 Å². The SMILES string of the molecule is CC(CC1=CCCc2c(OCC(=O)O)cccc21)=NOC(C1=CC=CNC=C1)c1ccccc1. The van der Waals surface area contributed by atoms with Crippen LogP contribution in [0, 0.1) is 0 Å². The van der Waals surface area contributed by atoms with Gasteiger partial charge in [0.05, 0.1) is 5.71 Å². The first-order chi connectivity index (χ1) is 16.6. The molecule has 0 spiro atoms. The van der Waals surface area contributed by atoms with Gasteiger partial charge >= 0.3 is 5.97 Å². The van der Waals surface area contributed by atoms with Crippen molar-refractivity contribution in [1.29, 1.82) is 0 Å². The van der Waals surface area contributed by atoms with Crippen LogP contribution in [-0.2, 0) is 16.1 Å². The summed E-state index contributed by atoms with van der Waals surface area (Å²) in [6.07, 6.45) is 13.9. The first-order valence-corrected chi connectivity index (χ1v) is 11.3. The van der Waals surface area contributed by atoms with Crippen LogP contribution in [-0.4, -0.2) is 23.4 Å². The molecule has 34 heavy (non-hydrogen) atoms. The first kappa shape index (κ1) is 23.1. The minimum absolute atomic E-state index is 0.333. The molecule has 2 N–H and O–H groups in total. The Balaban J connectivity index is 1.52. The second-order valence-electron chi connectivity index (χ2n) is 8.16. The molecule has 0 amide bonds. The summed E-state index contributed by atoms with van der Waals surface area (Å²) in [6, 6.07) is 15.8. The molecule has 6 nitrogen and oxygen atoms in total. The van der Waals surface area contributed by atoms with Crippen LogP contribution >= 0.6 is 0 Å². The number of oxime groups is 1. The van der Waals surface area contributed by atoms with E-state index in [1.807, 2.05) is 80.0 Å². The Morgan fingerprint density at radius 1 is 1.15 bits per heavy atom. The molecule has 0 saturated carbocycles. The number of allylic oxidation sites excluding steroid dienone is 4. The summed E-state index contributed by atoms with van der Waals surface area (Å²) in [4.78, 5) is 17.0. The van der Waals surface area contributed by atoms with Gasteiger partial charge in [-0.2, -0.15) is 0 Å². The highest BCUT2D eigenvalue weighted by atomic mass is 16.6. The number of aliphatic carboxylic acids is 1. The molecule has 0 aromatic heterocycles. The van der Waals surface area contributed by atoms with E-state index in [0.29, 0.717) is 12.2 Å². The second kappa shape index (κ2) is 11.2. The lowest BCUT2D eigenvalue weighted by Crippen LogP contribution is -2.12. The molecule has 1 heterocycles. The lowest BCUT2D eigenvalue weighted by atomic mass is 9.87. The fourth-order valence-corrected chi connectivity index (χ4v) is 4.10. The van der Waals surface area contributed by atoms with Gasteiger partial charge in [0.25, 0.3) is 0 Å². The highest BCUT2D eigenvalue weighted by Gasteiger charge is 2.20. The maximum absolute atomic E-state index is 10.9. The molecule has 2 aliphatic rings. The lowest BCUT2D eigenvalue weighted by molar-refractivity contribution is -0.139. The monoisotopic (exact) mass is 456 g/mol. The normalized spacial score (nSPS) is 15.9. The number of carboxylic acid groups (broad SMARTS) is 1. The van der Waals surface area contributed by atoms with Crippen LogP contribution in [0.2, 0.25) is 0 Å². The van der Waals surface area contributed by atoms with Crippen molar-refractivity contribution in [2.75, 3.05) is 6.61 Å². The predicted octanol–water partition coefficient (Wildman–Crippen LogP) is 5.56. The first-order valence-electron chi connectivity index (χ1n) is 11.3. The predicted molar refractivity (Wildman–Crippen MR) is 133 cm³/mol. The van der Waals surface area contributed by atoms with Crippen LogP contribution in [0.5, 0.6) is 5.75 Å². The van der Waals surface area contributed by atoms with Crippen molar-refractivity contribution in [3.05, 3.63) is 107 Å². The van der Waals surface area contributed by atoms with Gasteiger partial charge in [-0.1, -0.05) is 59.8 Å². The molecule has 1 atom stereocenters. The highest BCUT2D eigenvalue weighted by Crippen LogP contribution is 2.35. The summed E-state index contributed by atoms with van der Waals surface area (Å²) in [5, 5.41) is 16.5. The molecular weight excluding hydrogens is 428 g/mol. The topological polar surface area (TPSA) is 80.2 Å². The number of nitrogens with zero attached hydrogens (tertiary/aromatic N) is 1. The van der Waals surface area contributed by atoms with Crippen LogP contribution in [0.3, 0.4) is 0 Å². The van der Waals surface area contributed by atoms with Gasteiger partial charge in [0.15, 0.2) is 12.7 Å². The van der Waals surface area contributed by atoms with Crippen molar-refractivity contribution in [3.63, 3.8) is 0 Å². The van der Waals surface area contributed by atoms with Crippen LogP contribution in [0.25, 0.3) is 5.57 Å². The Morgan fingerprint density at radius 2 is 2.00 bits per heavy atom. The molecule has 4 rings (SSSR count). The van der Waals surface area contributed by atoms with Gasteiger partial charge in [0.2, 0.25) is 0 Å². The average Bonchev–Trinajstić information content (AvgIpc) is 3.13. The molecule has 2 aromatic rings. The molecule has 1 unspecified atom stereocenters. The van der Waals surface area contributed by atoms with Gasteiger partial charge in [-0.25, -0.2) is 4.79 Å². The Labute approximate surface area is 199 Å².